The van der Waals surface area contributed by atoms with Crippen LogP contribution >= 0.6 is 0 Å². The summed E-state index contributed by atoms with van der Waals surface area (Å²) in [4.78, 5) is 10.5. The van der Waals surface area contributed by atoms with Crippen LogP contribution in [0, 0.1) is 0 Å². The Morgan fingerprint density at radius 2 is 2.17 bits per heavy atom. The first-order valence-corrected chi connectivity index (χ1v) is 4.31. The number of ketones is 1. The van der Waals surface area contributed by atoms with Crippen LogP contribution in [0.25, 0.3) is 0 Å². The lowest BCUT2D eigenvalue weighted by molar-refractivity contribution is -0.117. The van der Waals surface area contributed by atoms with Crippen LogP contribution in [0.2, 0.25) is 0 Å². The molecule has 0 fully saturated rings. The van der Waals surface area contributed by atoms with E-state index < -0.39 is 0 Å². The lowest BCUT2D eigenvalue weighted by atomic mass is 10.2. The molecule has 0 radical (unpaired) electrons. The van der Waals surface area contributed by atoms with Crippen LogP contribution in [0.1, 0.15) is 33.0 Å². The van der Waals surface area contributed by atoms with Crippen LogP contribution in [0.3, 0.4) is 0 Å². The first-order valence-electron chi connectivity index (χ1n) is 4.31. The number of carbonyl (C=O) groups is 1. The number of furan rings is 1. The van der Waals surface area contributed by atoms with E-state index in [1.165, 1.54) is 0 Å². The second-order valence-corrected chi connectivity index (χ2v) is 2.28. The van der Waals surface area contributed by atoms with Crippen molar-refractivity contribution in [2.24, 2.45) is 0 Å². The number of hydrogen-bond donors (Lipinski definition) is 0. The zero-order valence-electron chi connectivity index (χ0n) is 7.96. The fourth-order valence-corrected chi connectivity index (χ4v) is 0.754. The molecule has 1 heterocycles. The summed E-state index contributed by atoms with van der Waals surface area (Å²) >= 11 is 0. The van der Waals surface area contributed by atoms with E-state index >= 15 is 0 Å². The molecule has 0 amide bonds. The SMILES string of the molecule is CC.CC(=O)CCc1ccco1. The molecule has 0 aliphatic rings. The fourth-order valence-electron chi connectivity index (χ4n) is 0.754. The number of hydrogen-bond acceptors (Lipinski definition) is 2. The van der Waals surface area contributed by atoms with Crippen LogP contribution in [0.5, 0.6) is 0 Å². The van der Waals surface area contributed by atoms with Crippen molar-refractivity contribution >= 4 is 5.78 Å². The fraction of sp³-hybridized carbons (Fsp3) is 0.500. The molecule has 0 N–H and O–H groups in total. The highest BCUT2D eigenvalue weighted by atomic mass is 16.3. The third-order valence-corrected chi connectivity index (χ3v) is 1.30. The van der Waals surface area contributed by atoms with E-state index in [0.717, 1.165) is 12.2 Å². The van der Waals surface area contributed by atoms with Crippen molar-refractivity contribution in [1.82, 2.24) is 0 Å². The molecular formula is C10H16O2. The van der Waals surface area contributed by atoms with Crippen LogP contribution in [0.15, 0.2) is 22.8 Å². The summed E-state index contributed by atoms with van der Waals surface area (Å²) in [7, 11) is 0. The van der Waals surface area contributed by atoms with Gasteiger partial charge in [-0.25, -0.2) is 0 Å². The van der Waals surface area contributed by atoms with Gasteiger partial charge in [0.2, 0.25) is 0 Å². The Morgan fingerprint density at radius 1 is 1.50 bits per heavy atom. The van der Waals surface area contributed by atoms with Crippen molar-refractivity contribution in [3.63, 3.8) is 0 Å². The summed E-state index contributed by atoms with van der Waals surface area (Å²) in [5.41, 5.74) is 0. The van der Waals surface area contributed by atoms with Gasteiger partial charge < -0.3 is 9.21 Å². The number of Topliss-reactive ketones (excluding diaryl/α,β-unsaturated/α-hetero) is 1. The predicted octanol–water partition coefficient (Wildman–Crippen LogP) is 2.83. The zero-order chi connectivity index (χ0) is 9.40. The summed E-state index contributed by atoms with van der Waals surface area (Å²) in [6, 6.07) is 3.71. The van der Waals surface area contributed by atoms with Crippen molar-refractivity contribution in [2.45, 2.75) is 33.6 Å². The molecule has 1 rings (SSSR count). The van der Waals surface area contributed by atoms with Crippen molar-refractivity contribution in [2.75, 3.05) is 0 Å². The second-order valence-electron chi connectivity index (χ2n) is 2.28. The van der Waals surface area contributed by atoms with Crippen molar-refractivity contribution in [3.05, 3.63) is 24.2 Å². The van der Waals surface area contributed by atoms with Crippen LogP contribution in [-0.4, -0.2) is 5.78 Å². The molecule has 0 aliphatic heterocycles. The summed E-state index contributed by atoms with van der Waals surface area (Å²) < 4.78 is 5.03. The molecule has 1 aromatic rings. The Morgan fingerprint density at radius 3 is 2.58 bits per heavy atom. The Balaban J connectivity index is 0.000000561. The van der Waals surface area contributed by atoms with Crippen LogP contribution in [-0.2, 0) is 11.2 Å². The monoisotopic (exact) mass is 168 g/mol. The average molecular weight is 168 g/mol. The topological polar surface area (TPSA) is 30.2 Å². The summed E-state index contributed by atoms with van der Waals surface area (Å²) in [6.45, 7) is 5.59. The molecule has 0 atom stereocenters. The highest BCUT2D eigenvalue weighted by Gasteiger charge is 1.97. The average Bonchev–Trinajstić information content (AvgIpc) is 2.56. The predicted molar refractivity (Wildman–Crippen MR) is 49.1 cm³/mol. The van der Waals surface area contributed by atoms with Gasteiger partial charge in [0.1, 0.15) is 11.5 Å². The Kier molecular flexibility index (Phi) is 6.07. The van der Waals surface area contributed by atoms with E-state index in [1.807, 2.05) is 26.0 Å². The number of carbonyl (C=O) groups excluding carboxylic acids is 1. The molecule has 2 heteroatoms. The minimum atomic E-state index is 0.205. The number of rotatable bonds is 3. The lowest BCUT2D eigenvalue weighted by Gasteiger charge is -1.90. The van der Waals surface area contributed by atoms with E-state index in [2.05, 4.69) is 0 Å². The van der Waals surface area contributed by atoms with Gasteiger partial charge in [0.25, 0.3) is 0 Å². The molecule has 12 heavy (non-hydrogen) atoms. The van der Waals surface area contributed by atoms with Gasteiger partial charge in [-0.2, -0.15) is 0 Å². The van der Waals surface area contributed by atoms with Crippen molar-refractivity contribution in [1.29, 1.82) is 0 Å². The maximum absolute atomic E-state index is 10.5. The van der Waals surface area contributed by atoms with E-state index in [-0.39, 0.29) is 5.78 Å². The number of aryl methyl sites for hydroxylation is 1. The molecule has 0 saturated heterocycles. The van der Waals surface area contributed by atoms with E-state index in [1.54, 1.807) is 13.2 Å². The smallest absolute Gasteiger partial charge is 0.130 e. The van der Waals surface area contributed by atoms with Gasteiger partial charge in [0.05, 0.1) is 6.26 Å². The normalized spacial score (nSPS) is 8.58. The highest BCUT2D eigenvalue weighted by molar-refractivity contribution is 5.75. The van der Waals surface area contributed by atoms with Gasteiger partial charge in [0.15, 0.2) is 0 Å². The maximum atomic E-state index is 10.5. The van der Waals surface area contributed by atoms with E-state index in [4.69, 9.17) is 4.42 Å². The summed E-state index contributed by atoms with van der Waals surface area (Å²) in [6.07, 6.45) is 2.92. The molecule has 0 aromatic carbocycles. The Labute approximate surface area is 73.6 Å². The molecule has 0 aliphatic carbocycles. The van der Waals surface area contributed by atoms with Crippen LogP contribution in [0.4, 0.5) is 0 Å². The first kappa shape index (κ1) is 11.0. The lowest BCUT2D eigenvalue weighted by Crippen LogP contribution is -1.91. The molecule has 68 valence electrons. The molecule has 0 bridgehead atoms. The third-order valence-electron chi connectivity index (χ3n) is 1.30. The minimum Gasteiger partial charge on any atom is -0.469 e. The molecule has 0 unspecified atom stereocenters. The van der Waals surface area contributed by atoms with Crippen molar-refractivity contribution < 1.29 is 9.21 Å². The van der Waals surface area contributed by atoms with Gasteiger partial charge in [-0.3, -0.25) is 0 Å². The van der Waals surface area contributed by atoms with Gasteiger partial charge in [-0.15, -0.1) is 0 Å². The standard InChI is InChI=1S/C8H10O2.C2H6/c1-7(9)4-5-8-3-2-6-10-8;1-2/h2-3,6H,4-5H2,1H3;1-2H3. The van der Waals surface area contributed by atoms with Gasteiger partial charge in [-0.05, 0) is 19.1 Å². The quantitative estimate of drug-likeness (QED) is 0.694. The summed E-state index contributed by atoms with van der Waals surface area (Å²) in [5.74, 6) is 1.09. The third kappa shape index (κ3) is 4.72. The van der Waals surface area contributed by atoms with Gasteiger partial charge in [0, 0.05) is 12.8 Å². The molecular weight excluding hydrogens is 152 g/mol. The second kappa shape index (κ2) is 6.65. The van der Waals surface area contributed by atoms with Gasteiger partial charge >= 0.3 is 0 Å². The minimum absolute atomic E-state index is 0.205. The highest BCUT2D eigenvalue weighted by Crippen LogP contribution is 2.03. The molecule has 0 saturated carbocycles. The van der Waals surface area contributed by atoms with Crippen LogP contribution < -0.4 is 0 Å². The summed E-state index contributed by atoms with van der Waals surface area (Å²) in [5, 5.41) is 0. The molecule has 0 spiro atoms. The van der Waals surface area contributed by atoms with E-state index in [9.17, 15) is 4.79 Å². The zero-order valence-corrected chi connectivity index (χ0v) is 7.96. The Bertz CT molecular complexity index is 200. The maximum Gasteiger partial charge on any atom is 0.130 e. The van der Waals surface area contributed by atoms with E-state index in [0.29, 0.717) is 6.42 Å². The first-order chi connectivity index (χ1) is 5.79. The molecule has 1 aromatic heterocycles. The largest absolute Gasteiger partial charge is 0.469 e. The Hall–Kier alpha value is -1.05. The van der Waals surface area contributed by atoms with Crippen molar-refractivity contribution in [3.8, 4) is 0 Å². The molecule has 2 nitrogen and oxygen atoms in total. The van der Waals surface area contributed by atoms with Gasteiger partial charge in [-0.1, -0.05) is 13.8 Å².